The molecule has 1 aromatic carbocycles. The lowest BCUT2D eigenvalue weighted by molar-refractivity contribution is -0.0444. The number of aliphatic hydroxyl groups excluding tert-OH is 1. The van der Waals surface area contributed by atoms with Crippen molar-refractivity contribution in [2.24, 2.45) is 0 Å². The fourth-order valence-electron chi connectivity index (χ4n) is 2.40. The monoisotopic (exact) mass is 314 g/mol. The van der Waals surface area contributed by atoms with Crippen LogP contribution in [0.25, 0.3) is 0 Å². The molecule has 0 aromatic heterocycles. The van der Waals surface area contributed by atoms with Crippen LogP contribution in [0, 0.1) is 0 Å². The van der Waals surface area contributed by atoms with Crippen LogP contribution in [0.15, 0.2) is 30.3 Å². The van der Waals surface area contributed by atoms with Crippen molar-refractivity contribution in [3.8, 4) is 0 Å². The van der Waals surface area contributed by atoms with E-state index in [9.17, 15) is 13.5 Å². The fourth-order valence-corrected chi connectivity index (χ4v) is 3.76. The topological polar surface area (TPSA) is 78.9 Å². The van der Waals surface area contributed by atoms with Gasteiger partial charge in [-0.2, -0.15) is 17.4 Å². The normalized spacial score (nSPS) is 25.7. The maximum Gasteiger partial charge on any atom is 0.279 e. The van der Waals surface area contributed by atoms with E-state index in [2.05, 4.69) is 4.72 Å². The van der Waals surface area contributed by atoms with Gasteiger partial charge in [0.15, 0.2) is 0 Å². The van der Waals surface area contributed by atoms with E-state index in [4.69, 9.17) is 4.74 Å². The average molecular weight is 314 g/mol. The first-order valence-corrected chi connectivity index (χ1v) is 8.45. The molecule has 1 aliphatic heterocycles. The molecule has 0 bridgehead atoms. The second-order valence-corrected chi connectivity index (χ2v) is 7.11. The standard InChI is InChI=1S/C14H22N2O4S/c1-11-9-16(10-12(2)20-11)21(18,19)15-8-14(17)13-6-4-3-5-7-13/h3-7,11-12,14-15,17H,8-10H2,1-2H3. The third-order valence-electron chi connectivity index (χ3n) is 3.37. The highest BCUT2D eigenvalue weighted by molar-refractivity contribution is 7.87. The average Bonchev–Trinajstić information content (AvgIpc) is 2.45. The number of ether oxygens (including phenoxy) is 1. The molecule has 1 heterocycles. The van der Waals surface area contributed by atoms with Crippen LogP contribution >= 0.6 is 0 Å². The third-order valence-corrected chi connectivity index (χ3v) is 4.88. The largest absolute Gasteiger partial charge is 0.387 e. The van der Waals surface area contributed by atoms with Gasteiger partial charge in [0.2, 0.25) is 0 Å². The summed E-state index contributed by atoms with van der Waals surface area (Å²) in [6.07, 6.45) is -1.13. The molecule has 7 heteroatoms. The molecule has 1 fully saturated rings. The van der Waals surface area contributed by atoms with Gasteiger partial charge in [0.25, 0.3) is 10.2 Å². The highest BCUT2D eigenvalue weighted by Crippen LogP contribution is 2.15. The first-order valence-electron chi connectivity index (χ1n) is 7.01. The van der Waals surface area contributed by atoms with Crippen molar-refractivity contribution in [2.75, 3.05) is 19.6 Å². The third kappa shape index (κ3) is 4.49. The molecule has 0 radical (unpaired) electrons. The Balaban J connectivity index is 1.95. The number of aliphatic hydroxyl groups is 1. The van der Waals surface area contributed by atoms with Gasteiger partial charge in [-0.25, -0.2) is 0 Å². The zero-order valence-electron chi connectivity index (χ0n) is 12.3. The second kappa shape index (κ2) is 6.85. The van der Waals surface area contributed by atoms with Crippen molar-refractivity contribution in [1.29, 1.82) is 0 Å². The molecule has 2 rings (SSSR count). The summed E-state index contributed by atoms with van der Waals surface area (Å²) < 4.78 is 33.9. The van der Waals surface area contributed by atoms with E-state index in [0.717, 1.165) is 0 Å². The summed E-state index contributed by atoms with van der Waals surface area (Å²) in [7, 11) is -3.61. The van der Waals surface area contributed by atoms with Crippen LogP contribution in [-0.2, 0) is 14.9 Å². The predicted molar refractivity (Wildman–Crippen MR) is 79.9 cm³/mol. The Morgan fingerprint density at radius 3 is 2.43 bits per heavy atom. The van der Waals surface area contributed by atoms with Crippen LogP contribution in [0.5, 0.6) is 0 Å². The number of hydrogen-bond acceptors (Lipinski definition) is 4. The van der Waals surface area contributed by atoms with Gasteiger partial charge in [-0.15, -0.1) is 0 Å². The summed E-state index contributed by atoms with van der Waals surface area (Å²) in [6.45, 7) is 4.28. The van der Waals surface area contributed by atoms with Crippen LogP contribution in [0.3, 0.4) is 0 Å². The zero-order valence-corrected chi connectivity index (χ0v) is 13.1. The van der Waals surface area contributed by atoms with Gasteiger partial charge in [-0.05, 0) is 19.4 Å². The van der Waals surface area contributed by atoms with E-state index >= 15 is 0 Å². The molecule has 0 amide bonds. The quantitative estimate of drug-likeness (QED) is 0.837. The molecular weight excluding hydrogens is 292 g/mol. The number of nitrogens with one attached hydrogen (secondary N) is 1. The summed E-state index contributed by atoms with van der Waals surface area (Å²) >= 11 is 0. The molecule has 2 N–H and O–H groups in total. The summed E-state index contributed by atoms with van der Waals surface area (Å²) in [4.78, 5) is 0. The predicted octanol–water partition coefficient (Wildman–Crippen LogP) is 0.664. The van der Waals surface area contributed by atoms with Gasteiger partial charge in [-0.1, -0.05) is 30.3 Å². The van der Waals surface area contributed by atoms with E-state index in [-0.39, 0.29) is 18.8 Å². The van der Waals surface area contributed by atoms with Gasteiger partial charge in [-0.3, -0.25) is 0 Å². The summed E-state index contributed by atoms with van der Waals surface area (Å²) in [5, 5.41) is 10.0. The minimum absolute atomic E-state index is 0.0491. The van der Waals surface area contributed by atoms with Crippen LogP contribution in [0.4, 0.5) is 0 Å². The Morgan fingerprint density at radius 1 is 1.29 bits per heavy atom. The van der Waals surface area contributed by atoms with Crippen molar-refractivity contribution in [3.63, 3.8) is 0 Å². The molecular formula is C14H22N2O4S. The van der Waals surface area contributed by atoms with Gasteiger partial charge in [0.05, 0.1) is 18.3 Å². The van der Waals surface area contributed by atoms with Gasteiger partial charge < -0.3 is 9.84 Å². The van der Waals surface area contributed by atoms with E-state index in [1.54, 1.807) is 24.3 Å². The van der Waals surface area contributed by atoms with Crippen LogP contribution in [0.2, 0.25) is 0 Å². The molecule has 6 nitrogen and oxygen atoms in total. The zero-order chi connectivity index (χ0) is 15.5. The molecule has 0 aliphatic carbocycles. The number of morpholine rings is 1. The van der Waals surface area contributed by atoms with Crippen molar-refractivity contribution < 1.29 is 18.3 Å². The maximum atomic E-state index is 12.3. The molecule has 1 aromatic rings. The summed E-state index contributed by atoms with van der Waals surface area (Å²) in [6, 6.07) is 8.98. The second-order valence-electron chi connectivity index (χ2n) is 5.35. The molecule has 1 saturated heterocycles. The SMILES string of the molecule is CC1CN(S(=O)(=O)NCC(O)c2ccccc2)CC(C)O1. The minimum atomic E-state index is -3.61. The molecule has 0 saturated carbocycles. The first-order chi connectivity index (χ1) is 9.88. The van der Waals surface area contributed by atoms with E-state index < -0.39 is 16.3 Å². The van der Waals surface area contributed by atoms with Gasteiger partial charge >= 0.3 is 0 Å². The van der Waals surface area contributed by atoms with Crippen LogP contribution in [0.1, 0.15) is 25.5 Å². The molecule has 3 atom stereocenters. The fraction of sp³-hybridized carbons (Fsp3) is 0.571. The molecule has 0 spiro atoms. The molecule has 1 aliphatic rings. The van der Waals surface area contributed by atoms with Crippen molar-refractivity contribution in [1.82, 2.24) is 9.03 Å². The Bertz CT molecular complexity index is 539. The summed E-state index contributed by atoms with van der Waals surface area (Å²) in [5.41, 5.74) is 0.684. The van der Waals surface area contributed by atoms with E-state index in [1.807, 2.05) is 19.9 Å². The van der Waals surface area contributed by atoms with Crippen molar-refractivity contribution in [2.45, 2.75) is 32.2 Å². The van der Waals surface area contributed by atoms with Crippen LogP contribution < -0.4 is 4.72 Å². The number of nitrogens with zero attached hydrogens (tertiary/aromatic N) is 1. The Morgan fingerprint density at radius 2 is 1.86 bits per heavy atom. The Hall–Kier alpha value is -0.990. The smallest absolute Gasteiger partial charge is 0.279 e. The van der Waals surface area contributed by atoms with E-state index in [1.165, 1.54) is 4.31 Å². The Labute approximate surface area is 125 Å². The minimum Gasteiger partial charge on any atom is -0.387 e. The first kappa shape index (κ1) is 16.4. The lowest BCUT2D eigenvalue weighted by Crippen LogP contribution is -2.52. The van der Waals surface area contributed by atoms with Gasteiger partial charge in [0, 0.05) is 19.6 Å². The number of rotatable bonds is 5. The molecule has 3 unspecified atom stereocenters. The lowest BCUT2D eigenvalue weighted by atomic mass is 10.1. The number of benzene rings is 1. The van der Waals surface area contributed by atoms with Crippen molar-refractivity contribution >= 4 is 10.2 Å². The highest BCUT2D eigenvalue weighted by atomic mass is 32.2. The Kier molecular flexibility index (Phi) is 5.34. The highest BCUT2D eigenvalue weighted by Gasteiger charge is 2.31. The van der Waals surface area contributed by atoms with Crippen molar-refractivity contribution in [3.05, 3.63) is 35.9 Å². The maximum absolute atomic E-state index is 12.3. The molecule has 118 valence electrons. The van der Waals surface area contributed by atoms with Gasteiger partial charge in [0.1, 0.15) is 0 Å². The number of hydrogen-bond donors (Lipinski definition) is 2. The lowest BCUT2D eigenvalue weighted by Gasteiger charge is -2.34. The molecule has 21 heavy (non-hydrogen) atoms. The summed E-state index contributed by atoms with van der Waals surface area (Å²) in [5.74, 6) is 0. The van der Waals surface area contributed by atoms with Crippen LogP contribution in [-0.4, -0.2) is 49.7 Å². The van der Waals surface area contributed by atoms with E-state index in [0.29, 0.717) is 18.7 Å².